The fourth-order valence-corrected chi connectivity index (χ4v) is 13.0. The summed E-state index contributed by atoms with van der Waals surface area (Å²) in [5.74, 6) is -0.0458. The maximum atomic E-state index is 12.6. The number of carbonyl (C=O) groups is 2. The zero-order chi connectivity index (χ0) is 65.6. The average molecular weight is 1280 g/mol. The van der Waals surface area contributed by atoms with Crippen molar-refractivity contribution >= 4 is 11.9 Å². The molecule has 2 atom stereocenters. The molecule has 0 spiro atoms. The van der Waals surface area contributed by atoms with Crippen LogP contribution in [-0.2, 0) is 14.3 Å². The molecule has 0 radical (unpaired) electrons. The van der Waals surface area contributed by atoms with Gasteiger partial charge in [0.15, 0.2) is 0 Å². The zero-order valence-electron chi connectivity index (χ0n) is 61.6. The number of hydrogen-bond donors (Lipinski definition) is 3. The summed E-state index contributed by atoms with van der Waals surface area (Å²) in [4.78, 5) is 24.7. The molecular weight excluding hydrogens is 1110 g/mol. The molecule has 2 unspecified atom stereocenters. The van der Waals surface area contributed by atoms with Crippen LogP contribution in [0.25, 0.3) is 0 Å². The van der Waals surface area contributed by atoms with E-state index in [4.69, 9.17) is 4.74 Å². The number of nitrogens with one attached hydrogen (secondary N) is 1. The van der Waals surface area contributed by atoms with E-state index in [1.54, 1.807) is 6.08 Å². The Morgan fingerprint density at radius 3 is 0.868 bits per heavy atom. The van der Waals surface area contributed by atoms with Crippen molar-refractivity contribution < 1.29 is 24.5 Å². The molecular formula is C85H161NO5. The van der Waals surface area contributed by atoms with Gasteiger partial charge in [-0.3, -0.25) is 9.59 Å². The van der Waals surface area contributed by atoms with E-state index in [1.165, 1.54) is 379 Å². The Balaban J connectivity index is 3.37. The number of rotatable bonds is 78. The van der Waals surface area contributed by atoms with Crippen molar-refractivity contribution in [1.82, 2.24) is 5.32 Å². The van der Waals surface area contributed by atoms with Gasteiger partial charge in [0.25, 0.3) is 0 Å². The SMILES string of the molecule is CCCCC/C=C\C/C=C\CCCCCCCCCCCC(=O)OCCCCCCCCCCCCCC/C=C\CCCCCCCCCCCCCCCCCCC(=O)NC(CO)C(O)/C=C/CCCCCCCCCCCCCCCCCCCCCCC. The molecule has 6 heteroatoms. The standard InChI is InChI=1S/C85H161NO5/c1-3-5-7-9-11-13-15-17-19-21-23-24-35-38-42-45-49-53-57-61-65-69-73-77-83(88)82(81-87)86-84(89)78-74-70-66-62-58-54-50-46-43-39-36-33-31-29-27-25-26-28-30-32-34-37-40-44-48-52-56-60-64-68-72-76-80-91-85(90)79-75-71-67-63-59-55-51-47-41-22-20-18-16-14-12-10-8-6-4-2/h12,14,18,20,28,30,73,77,82-83,87-88H,3-11,13,15-17,19,21-27,29,31-72,74-76,78-81H2,1-2H3,(H,86,89)/b14-12-,20-18-,30-28-,77-73+. The molecule has 0 aromatic rings. The topological polar surface area (TPSA) is 95.9 Å². The number of unbranched alkanes of at least 4 members (excludes halogenated alkanes) is 61. The lowest BCUT2D eigenvalue weighted by Crippen LogP contribution is -2.45. The van der Waals surface area contributed by atoms with Crippen LogP contribution >= 0.6 is 0 Å². The third-order valence-corrected chi connectivity index (χ3v) is 19.3. The summed E-state index contributed by atoms with van der Waals surface area (Å²) in [6.45, 7) is 4.93. The van der Waals surface area contributed by atoms with Crippen LogP contribution in [0.2, 0.25) is 0 Å². The predicted octanol–water partition coefficient (Wildman–Crippen LogP) is 27.5. The molecule has 6 nitrogen and oxygen atoms in total. The number of hydrogen-bond acceptors (Lipinski definition) is 5. The van der Waals surface area contributed by atoms with Crippen molar-refractivity contribution in [3.8, 4) is 0 Å². The molecule has 0 fully saturated rings. The van der Waals surface area contributed by atoms with Crippen LogP contribution in [0.1, 0.15) is 457 Å². The van der Waals surface area contributed by atoms with Crippen LogP contribution in [0.4, 0.5) is 0 Å². The lowest BCUT2D eigenvalue weighted by molar-refractivity contribution is -0.143. The molecule has 0 aromatic carbocycles. The highest BCUT2D eigenvalue weighted by molar-refractivity contribution is 5.76. The van der Waals surface area contributed by atoms with Gasteiger partial charge in [-0.05, 0) is 89.9 Å². The first-order valence-corrected chi connectivity index (χ1v) is 41.4. The summed E-state index contributed by atoms with van der Waals surface area (Å²) >= 11 is 0. The minimum atomic E-state index is -0.845. The summed E-state index contributed by atoms with van der Waals surface area (Å²) < 4.78 is 5.51. The number of ether oxygens (including phenoxy) is 1. The number of amides is 1. The van der Waals surface area contributed by atoms with Crippen molar-refractivity contribution in [3.63, 3.8) is 0 Å². The largest absolute Gasteiger partial charge is 0.466 e. The monoisotopic (exact) mass is 1280 g/mol. The molecule has 1 amide bonds. The molecule has 0 aliphatic rings. The van der Waals surface area contributed by atoms with Gasteiger partial charge in [0.05, 0.1) is 25.4 Å². The van der Waals surface area contributed by atoms with E-state index < -0.39 is 12.1 Å². The maximum Gasteiger partial charge on any atom is 0.305 e. The zero-order valence-corrected chi connectivity index (χ0v) is 61.6. The van der Waals surface area contributed by atoms with Crippen LogP contribution in [0.5, 0.6) is 0 Å². The second kappa shape index (κ2) is 80.3. The number of aliphatic hydroxyl groups is 2. The average Bonchev–Trinajstić information content (AvgIpc) is 3.66. The first-order chi connectivity index (χ1) is 45.0. The minimum Gasteiger partial charge on any atom is -0.466 e. The quantitative estimate of drug-likeness (QED) is 0.0320. The Morgan fingerprint density at radius 2 is 0.549 bits per heavy atom. The van der Waals surface area contributed by atoms with E-state index in [1.807, 2.05) is 6.08 Å². The second-order valence-electron chi connectivity index (χ2n) is 28.4. The van der Waals surface area contributed by atoms with Crippen LogP contribution in [-0.4, -0.2) is 47.4 Å². The van der Waals surface area contributed by atoms with Gasteiger partial charge in [-0.15, -0.1) is 0 Å². The van der Waals surface area contributed by atoms with Gasteiger partial charge in [-0.2, -0.15) is 0 Å². The van der Waals surface area contributed by atoms with Crippen molar-refractivity contribution in [2.75, 3.05) is 13.2 Å². The fourth-order valence-electron chi connectivity index (χ4n) is 13.0. The van der Waals surface area contributed by atoms with E-state index in [2.05, 4.69) is 55.6 Å². The maximum absolute atomic E-state index is 12.6. The molecule has 0 aliphatic carbocycles. The Labute approximate surface area is 569 Å². The van der Waals surface area contributed by atoms with Crippen molar-refractivity contribution in [2.45, 2.75) is 469 Å². The number of carbonyl (C=O) groups excluding carboxylic acids is 2. The Morgan fingerprint density at radius 1 is 0.308 bits per heavy atom. The smallest absolute Gasteiger partial charge is 0.305 e. The van der Waals surface area contributed by atoms with Gasteiger partial charge >= 0.3 is 5.97 Å². The van der Waals surface area contributed by atoms with Crippen LogP contribution in [0.15, 0.2) is 48.6 Å². The highest BCUT2D eigenvalue weighted by Crippen LogP contribution is 2.20. The highest BCUT2D eigenvalue weighted by Gasteiger charge is 2.18. The molecule has 0 aliphatic heterocycles. The van der Waals surface area contributed by atoms with Crippen LogP contribution < -0.4 is 5.32 Å². The lowest BCUT2D eigenvalue weighted by Gasteiger charge is -2.20. The number of esters is 1. The van der Waals surface area contributed by atoms with E-state index >= 15 is 0 Å². The summed E-state index contributed by atoms with van der Waals surface area (Å²) in [5, 5.41) is 23.3. The molecule has 0 saturated heterocycles. The Hall–Kier alpha value is -2.18. The lowest BCUT2D eigenvalue weighted by atomic mass is 10.0. The van der Waals surface area contributed by atoms with Gasteiger partial charge in [0.2, 0.25) is 5.91 Å². The Bertz CT molecular complexity index is 1520. The number of aliphatic hydroxyl groups excluding tert-OH is 2. The van der Waals surface area contributed by atoms with E-state index in [9.17, 15) is 19.8 Å². The summed E-state index contributed by atoms with van der Waals surface area (Å²) in [5.41, 5.74) is 0. The van der Waals surface area contributed by atoms with Gasteiger partial charge < -0.3 is 20.3 Å². The molecule has 536 valence electrons. The van der Waals surface area contributed by atoms with Crippen molar-refractivity contribution in [2.24, 2.45) is 0 Å². The van der Waals surface area contributed by atoms with Gasteiger partial charge in [-0.1, -0.05) is 403 Å². The molecule has 0 heterocycles. The second-order valence-corrected chi connectivity index (χ2v) is 28.4. The molecule has 0 saturated carbocycles. The van der Waals surface area contributed by atoms with Crippen LogP contribution in [0, 0.1) is 0 Å². The van der Waals surface area contributed by atoms with Crippen LogP contribution in [0.3, 0.4) is 0 Å². The molecule has 0 rings (SSSR count). The van der Waals surface area contributed by atoms with Gasteiger partial charge in [0.1, 0.15) is 0 Å². The first kappa shape index (κ1) is 88.8. The minimum absolute atomic E-state index is 0.0148. The van der Waals surface area contributed by atoms with E-state index in [0.29, 0.717) is 19.4 Å². The molecule has 3 N–H and O–H groups in total. The van der Waals surface area contributed by atoms with E-state index in [-0.39, 0.29) is 18.5 Å². The Kier molecular flexibility index (Phi) is 78.3. The highest BCUT2D eigenvalue weighted by atomic mass is 16.5. The van der Waals surface area contributed by atoms with Gasteiger partial charge in [-0.25, -0.2) is 0 Å². The molecule has 0 bridgehead atoms. The summed E-state index contributed by atoms with van der Waals surface area (Å²) in [6, 6.07) is -0.628. The van der Waals surface area contributed by atoms with Gasteiger partial charge in [0, 0.05) is 12.8 Å². The molecule has 0 aromatic heterocycles. The molecule has 91 heavy (non-hydrogen) atoms. The normalized spacial score (nSPS) is 12.7. The van der Waals surface area contributed by atoms with E-state index in [0.717, 1.165) is 51.4 Å². The summed E-state index contributed by atoms with van der Waals surface area (Å²) in [7, 11) is 0. The predicted molar refractivity (Wildman–Crippen MR) is 402 cm³/mol. The first-order valence-electron chi connectivity index (χ1n) is 41.4. The summed E-state index contributed by atoms with van der Waals surface area (Å²) in [6.07, 6.45) is 107. The fraction of sp³-hybridized carbons (Fsp3) is 0.882. The van der Waals surface area contributed by atoms with Crippen molar-refractivity contribution in [1.29, 1.82) is 0 Å². The number of allylic oxidation sites excluding steroid dienone is 7. The third-order valence-electron chi connectivity index (χ3n) is 19.3. The van der Waals surface area contributed by atoms with Crippen molar-refractivity contribution in [3.05, 3.63) is 48.6 Å². The third kappa shape index (κ3) is 76.7.